The third-order valence-electron chi connectivity index (χ3n) is 9.10. The van der Waals surface area contributed by atoms with Crippen LogP contribution < -0.4 is 33.9 Å². The minimum absolute atomic E-state index is 0.108. The summed E-state index contributed by atoms with van der Waals surface area (Å²) >= 11 is 0. The van der Waals surface area contributed by atoms with Crippen LogP contribution in [0, 0.1) is 11.3 Å². The van der Waals surface area contributed by atoms with Gasteiger partial charge in [0.25, 0.3) is 16.7 Å². The molecular weight excluding hydrogens is 646 g/mol. The van der Waals surface area contributed by atoms with E-state index in [9.17, 15) is 19.5 Å². The van der Waals surface area contributed by atoms with E-state index >= 15 is 0 Å². The average Bonchev–Trinajstić information content (AvgIpc) is 3.83. The highest BCUT2D eigenvalue weighted by Crippen LogP contribution is 2.26. The Bertz CT molecular complexity index is 2280. The smallest absolute Gasteiger partial charge is 0.280 e. The predicted octanol–water partition coefficient (Wildman–Crippen LogP) is 0.803. The Labute approximate surface area is 285 Å². The molecule has 1 fully saturated rings. The number of nitrogen functional groups attached to an aromatic ring is 3. The van der Waals surface area contributed by atoms with Crippen molar-refractivity contribution in [3.63, 3.8) is 0 Å². The summed E-state index contributed by atoms with van der Waals surface area (Å²) in [6, 6.07) is 0. The Balaban J connectivity index is 0.000000150. The second-order valence-electron chi connectivity index (χ2n) is 13.2. The van der Waals surface area contributed by atoms with Crippen molar-refractivity contribution in [2.45, 2.75) is 66.2 Å². The number of nitrogens with two attached hydrogens (primary N) is 3. The van der Waals surface area contributed by atoms with Gasteiger partial charge in [0.2, 0.25) is 17.8 Å². The van der Waals surface area contributed by atoms with Gasteiger partial charge in [-0.2, -0.15) is 9.97 Å². The number of nitrogens with zero attached hydrogens (tertiary/aromatic N) is 8. The summed E-state index contributed by atoms with van der Waals surface area (Å²) in [6.07, 6.45) is 7.77. The van der Waals surface area contributed by atoms with Gasteiger partial charge in [-0.05, 0) is 24.2 Å². The first-order valence-electron chi connectivity index (χ1n) is 16.3. The van der Waals surface area contributed by atoms with E-state index in [-0.39, 0.29) is 46.0 Å². The van der Waals surface area contributed by atoms with E-state index < -0.39 is 0 Å². The number of H-pyrrole nitrogens is 4. The Kier molecular flexibility index (Phi) is 10.4. The van der Waals surface area contributed by atoms with Crippen LogP contribution in [0.3, 0.4) is 0 Å². The van der Waals surface area contributed by atoms with Gasteiger partial charge in [-0.15, -0.1) is 0 Å². The third kappa shape index (κ3) is 7.84. The van der Waals surface area contributed by atoms with E-state index in [0.29, 0.717) is 52.4 Å². The molecule has 2 atom stereocenters. The zero-order valence-electron chi connectivity index (χ0n) is 28.8. The maximum absolute atomic E-state index is 11.7. The summed E-state index contributed by atoms with van der Waals surface area (Å²) in [5.74, 6) is 0.679. The molecule has 0 saturated carbocycles. The number of hydrogen-bond acceptors (Lipinski definition) is 13. The summed E-state index contributed by atoms with van der Waals surface area (Å²) in [5, 5.41) is 9.95. The number of rotatable bonds is 7. The third-order valence-corrected chi connectivity index (χ3v) is 9.10. The number of aromatic nitrogens is 11. The molecule has 0 bridgehead atoms. The van der Waals surface area contributed by atoms with Gasteiger partial charge in [-0.25, -0.2) is 15.0 Å². The molecule has 0 aromatic carbocycles. The van der Waals surface area contributed by atoms with Crippen LogP contribution in [0.4, 0.5) is 17.8 Å². The van der Waals surface area contributed by atoms with Crippen LogP contribution in [0.5, 0.6) is 0 Å². The molecule has 1 saturated heterocycles. The van der Waals surface area contributed by atoms with Crippen molar-refractivity contribution < 1.29 is 5.11 Å². The van der Waals surface area contributed by atoms with Gasteiger partial charge in [-0.1, -0.05) is 34.1 Å². The molecule has 7 heterocycles. The number of aromatic amines is 4. The van der Waals surface area contributed by atoms with E-state index in [4.69, 9.17) is 17.2 Å². The number of aryl methyl sites for hydroxylation is 2. The van der Waals surface area contributed by atoms with Gasteiger partial charge in [0.1, 0.15) is 11.0 Å². The van der Waals surface area contributed by atoms with Crippen molar-refractivity contribution in [1.82, 2.24) is 58.9 Å². The average molecular weight is 692 g/mol. The van der Waals surface area contributed by atoms with Crippen LogP contribution in [0.1, 0.15) is 52.5 Å². The first kappa shape index (κ1) is 35.7. The topological polar surface area (TPSA) is 290 Å². The Morgan fingerprint density at radius 1 is 0.860 bits per heavy atom. The first-order valence-corrected chi connectivity index (χ1v) is 16.3. The second-order valence-corrected chi connectivity index (χ2v) is 13.2. The number of hydrogen-bond donors (Lipinski definition) is 8. The van der Waals surface area contributed by atoms with Gasteiger partial charge in [0.15, 0.2) is 22.3 Å². The van der Waals surface area contributed by atoms with Crippen molar-refractivity contribution >= 4 is 51.2 Å². The standard InChI is InChI=1S/C13H19N5O2.C12H19N5O.C6H7N5O/c1-2-7-4-18(6-9(7)19)5-8-3-15-11-10(8)16-13(14)17-12(11)20;1-4-12(2,3)5-6-17-7-14-8-9(17)15-11(13)16-10(8)18;1-11-2-8-3-4(11)9-6(7)10-5(3)12/h3,7,9,15,19H,2,4-6H2,1H3,(H3,14,16,17,20);7H,4-6H2,1-3H3,(H3,13,15,16,18);2H,1H3,(H3,7,9,10,12). The normalized spacial score (nSPS) is 16.4. The molecule has 19 nitrogen and oxygen atoms in total. The van der Waals surface area contributed by atoms with Crippen LogP contribution in [0.15, 0.2) is 33.2 Å². The molecule has 0 amide bonds. The molecule has 6 aromatic heterocycles. The van der Waals surface area contributed by atoms with Crippen LogP contribution in [-0.2, 0) is 20.1 Å². The van der Waals surface area contributed by atoms with Crippen LogP contribution in [-0.4, -0.2) is 83.2 Å². The molecule has 2 unspecified atom stereocenters. The SMILES string of the molecule is CCC(C)(C)CCn1cnc2c(=O)[nH]c(N)nc21.CCC1CN(Cc2c[nH]c3c(=O)[nH]c(N)nc23)CC1O.Cn1cnc2c(=O)[nH]c(N)nc21. The number of aliphatic hydroxyl groups excluding tert-OH is 1. The fourth-order valence-corrected chi connectivity index (χ4v) is 5.69. The highest BCUT2D eigenvalue weighted by Gasteiger charge is 2.30. The number of likely N-dealkylation sites (tertiary alicyclic amines) is 1. The van der Waals surface area contributed by atoms with Gasteiger partial charge >= 0.3 is 0 Å². The summed E-state index contributed by atoms with van der Waals surface area (Å²) in [7, 11) is 1.75. The molecule has 1 aliphatic rings. The quantitative estimate of drug-likeness (QED) is 0.115. The van der Waals surface area contributed by atoms with Gasteiger partial charge in [0, 0.05) is 45.0 Å². The fourth-order valence-electron chi connectivity index (χ4n) is 5.69. The van der Waals surface area contributed by atoms with E-state index in [0.717, 1.165) is 37.9 Å². The van der Waals surface area contributed by atoms with Crippen LogP contribution >= 0.6 is 0 Å². The van der Waals surface area contributed by atoms with Crippen LogP contribution in [0.2, 0.25) is 0 Å². The highest BCUT2D eigenvalue weighted by molar-refractivity contribution is 5.78. The number of anilines is 3. The van der Waals surface area contributed by atoms with Crippen molar-refractivity contribution in [3.05, 3.63) is 55.5 Å². The van der Waals surface area contributed by atoms with Crippen molar-refractivity contribution in [2.24, 2.45) is 18.4 Å². The summed E-state index contributed by atoms with van der Waals surface area (Å²) in [6.45, 7) is 11.7. The predicted molar refractivity (Wildman–Crippen MR) is 191 cm³/mol. The maximum Gasteiger partial charge on any atom is 0.280 e. The Morgan fingerprint density at radius 2 is 1.46 bits per heavy atom. The number of nitrogens with one attached hydrogen (secondary N) is 4. The lowest BCUT2D eigenvalue weighted by atomic mass is 9.86. The molecule has 268 valence electrons. The number of β-amino-alcohol motifs (C(OH)–C–C–N with tert-alkyl or cyclic N) is 1. The summed E-state index contributed by atoms with van der Waals surface area (Å²) in [4.78, 5) is 67.1. The number of aliphatic hydroxyl groups is 1. The lowest BCUT2D eigenvalue weighted by molar-refractivity contribution is 0.139. The summed E-state index contributed by atoms with van der Waals surface area (Å²) in [5.41, 5.74) is 19.6. The minimum Gasteiger partial charge on any atom is -0.391 e. The van der Waals surface area contributed by atoms with E-state index in [1.807, 2.05) is 4.57 Å². The number of imidazole rings is 2. The zero-order chi connectivity index (χ0) is 36.3. The molecule has 6 aromatic rings. The van der Waals surface area contributed by atoms with Crippen molar-refractivity contribution in [2.75, 3.05) is 30.3 Å². The molecule has 0 spiro atoms. The van der Waals surface area contributed by atoms with E-state index in [2.05, 4.69) is 77.5 Å². The van der Waals surface area contributed by atoms with Crippen LogP contribution in [0.25, 0.3) is 33.4 Å². The van der Waals surface area contributed by atoms with Gasteiger partial charge in [0.05, 0.1) is 18.8 Å². The molecule has 19 heteroatoms. The molecular formula is C31H45N15O4. The fraction of sp³-hybridized carbons (Fsp3) is 0.484. The van der Waals surface area contributed by atoms with Crippen molar-refractivity contribution in [1.29, 1.82) is 0 Å². The van der Waals surface area contributed by atoms with E-state index in [1.54, 1.807) is 24.1 Å². The zero-order valence-corrected chi connectivity index (χ0v) is 28.8. The van der Waals surface area contributed by atoms with Gasteiger partial charge < -0.3 is 36.4 Å². The maximum atomic E-state index is 11.7. The second kappa shape index (κ2) is 14.5. The molecule has 1 aliphatic heterocycles. The molecule has 7 rings (SSSR count). The first-order chi connectivity index (χ1) is 23.7. The minimum atomic E-state index is -0.307. The summed E-state index contributed by atoms with van der Waals surface area (Å²) < 4.78 is 3.53. The molecule has 0 aliphatic carbocycles. The lowest BCUT2D eigenvalue weighted by Crippen LogP contribution is -2.21. The Morgan fingerprint density at radius 3 is 2.10 bits per heavy atom. The van der Waals surface area contributed by atoms with Crippen molar-refractivity contribution in [3.8, 4) is 0 Å². The highest BCUT2D eigenvalue weighted by atomic mass is 16.3. The monoisotopic (exact) mass is 691 g/mol. The molecule has 50 heavy (non-hydrogen) atoms. The van der Waals surface area contributed by atoms with Gasteiger partial charge in [-0.3, -0.25) is 34.2 Å². The number of fused-ring (bicyclic) bond motifs is 3. The molecule has 11 N–H and O–H groups in total. The lowest BCUT2D eigenvalue weighted by Gasteiger charge is -2.22. The molecule has 0 radical (unpaired) electrons. The Hall–Kier alpha value is -5.56. The largest absolute Gasteiger partial charge is 0.391 e. The van der Waals surface area contributed by atoms with E-state index in [1.165, 1.54) is 6.33 Å².